The molecule has 0 aliphatic carbocycles. The number of hydrogen-bond donors (Lipinski definition) is 0. The highest BCUT2D eigenvalue weighted by molar-refractivity contribution is 7.89. The number of hydrogen-bond acceptors (Lipinski definition) is 5. The first-order chi connectivity index (χ1) is 14.4. The Morgan fingerprint density at radius 2 is 1.60 bits per heavy atom. The van der Waals surface area contributed by atoms with Crippen molar-refractivity contribution < 1.29 is 31.5 Å². The molecule has 0 N–H and O–H groups in total. The van der Waals surface area contributed by atoms with Crippen LogP contribution in [-0.2, 0) is 10.0 Å². The summed E-state index contributed by atoms with van der Waals surface area (Å²) in [7, 11) is -3.80. The zero-order valence-corrected chi connectivity index (χ0v) is 16.8. The lowest BCUT2D eigenvalue weighted by atomic mass is 10.1. The molecule has 4 rings (SSSR count). The van der Waals surface area contributed by atoms with Crippen LogP contribution >= 0.6 is 0 Å². The van der Waals surface area contributed by atoms with E-state index in [1.54, 1.807) is 6.07 Å². The number of carbonyl (C=O) groups is 1. The summed E-state index contributed by atoms with van der Waals surface area (Å²) in [5.74, 6) is -1.42. The Kier molecular flexibility index (Phi) is 5.61. The summed E-state index contributed by atoms with van der Waals surface area (Å²) in [4.78, 5) is 14.0. The molecule has 0 saturated carbocycles. The number of nitrogens with zero attached hydrogens (tertiary/aromatic N) is 2. The van der Waals surface area contributed by atoms with Gasteiger partial charge in [-0.1, -0.05) is 0 Å². The number of piperazine rings is 1. The number of amides is 1. The maximum absolute atomic E-state index is 13.9. The fourth-order valence-electron chi connectivity index (χ4n) is 3.42. The predicted octanol–water partition coefficient (Wildman–Crippen LogP) is 2.27. The molecule has 0 aromatic heterocycles. The van der Waals surface area contributed by atoms with E-state index in [0.29, 0.717) is 37.2 Å². The van der Waals surface area contributed by atoms with Gasteiger partial charge in [0.05, 0.1) is 23.7 Å². The molecule has 2 aliphatic heterocycles. The number of rotatable bonds is 3. The molecular formula is C20H20F2N2O5S. The zero-order chi connectivity index (χ0) is 21.3. The molecule has 2 aromatic rings. The molecule has 0 spiro atoms. The SMILES string of the molecule is O=C(c1ccc(F)cc1F)N1CCN(S(=O)(=O)c2ccc3c(c2)OCCCO3)CC1. The van der Waals surface area contributed by atoms with Gasteiger partial charge >= 0.3 is 0 Å². The second-order valence-corrected chi connectivity index (χ2v) is 8.92. The topological polar surface area (TPSA) is 76.2 Å². The maximum atomic E-state index is 13.9. The summed E-state index contributed by atoms with van der Waals surface area (Å²) in [6.45, 7) is 1.26. The van der Waals surface area contributed by atoms with Crippen molar-refractivity contribution in [1.29, 1.82) is 0 Å². The first-order valence-corrected chi connectivity index (χ1v) is 10.9. The van der Waals surface area contributed by atoms with E-state index < -0.39 is 27.6 Å². The van der Waals surface area contributed by atoms with E-state index in [1.165, 1.54) is 21.3 Å². The predicted molar refractivity (Wildman–Crippen MR) is 103 cm³/mol. The molecule has 0 unspecified atom stereocenters. The summed E-state index contributed by atoms with van der Waals surface area (Å²) in [6.07, 6.45) is 0.710. The van der Waals surface area contributed by atoms with Gasteiger partial charge in [0.2, 0.25) is 10.0 Å². The van der Waals surface area contributed by atoms with Crippen LogP contribution < -0.4 is 9.47 Å². The lowest BCUT2D eigenvalue weighted by Crippen LogP contribution is -2.50. The Morgan fingerprint density at radius 3 is 2.30 bits per heavy atom. The molecule has 30 heavy (non-hydrogen) atoms. The minimum absolute atomic E-state index is 0.0608. The van der Waals surface area contributed by atoms with Crippen LogP contribution in [0.2, 0.25) is 0 Å². The highest BCUT2D eigenvalue weighted by Gasteiger charge is 2.32. The third kappa shape index (κ3) is 3.97. The third-order valence-electron chi connectivity index (χ3n) is 5.04. The molecular weight excluding hydrogens is 418 g/mol. The first-order valence-electron chi connectivity index (χ1n) is 9.50. The second-order valence-electron chi connectivity index (χ2n) is 6.98. The smallest absolute Gasteiger partial charge is 0.256 e. The van der Waals surface area contributed by atoms with Gasteiger partial charge < -0.3 is 14.4 Å². The van der Waals surface area contributed by atoms with Gasteiger partial charge in [-0.25, -0.2) is 17.2 Å². The van der Waals surface area contributed by atoms with Gasteiger partial charge in [-0.05, 0) is 24.3 Å². The second kappa shape index (κ2) is 8.19. The van der Waals surface area contributed by atoms with E-state index in [-0.39, 0.29) is 36.6 Å². The van der Waals surface area contributed by atoms with Gasteiger partial charge in [0, 0.05) is 44.7 Å². The molecule has 2 heterocycles. The quantitative estimate of drug-likeness (QED) is 0.735. The fourth-order valence-corrected chi connectivity index (χ4v) is 4.86. The minimum atomic E-state index is -3.80. The van der Waals surface area contributed by atoms with Crippen molar-refractivity contribution in [2.75, 3.05) is 39.4 Å². The Morgan fingerprint density at radius 1 is 0.900 bits per heavy atom. The van der Waals surface area contributed by atoms with Crippen LogP contribution in [0.5, 0.6) is 11.5 Å². The number of benzene rings is 2. The number of sulfonamides is 1. The monoisotopic (exact) mass is 438 g/mol. The zero-order valence-electron chi connectivity index (χ0n) is 16.0. The van der Waals surface area contributed by atoms with E-state index in [2.05, 4.69) is 0 Å². The Bertz CT molecular complexity index is 1070. The summed E-state index contributed by atoms with van der Waals surface area (Å²) < 4.78 is 65.4. The number of ether oxygens (including phenoxy) is 2. The van der Waals surface area contributed by atoms with Crippen molar-refractivity contribution in [3.05, 3.63) is 53.6 Å². The average molecular weight is 438 g/mol. The lowest BCUT2D eigenvalue weighted by Gasteiger charge is -2.34. The molecule has 2 aliphatic rings. The molecule has 10 heteroatoms. The Balaban J connectivity index is 1.47. The van der Waals surface area contributed by atoms with Crippen molar-refractivity contribution in [3.8, 4) is 11.5 Å². The van der Waals surface area contributed by atoms with Gasteiger partial charge in [0.25, 0.3) is 5.91 Å². The van der Waals surface area contributed by atoms with Gasteiger partial charge in [-0.3, -0.25) is 4.79 Å². The molecule has 0 radical (unpaired) electrons. The molecule has 2 aromatic carbocycles. The number of halogens is 2. The molecule has 0 bridgehead atoms. The van der Waals surface area contributed by atoms with Crippen LogP contribution in [0.15, 0.2) is 41.3 Å². The number of carbonyl (C=O) groups excluding carboxylic acids is 1. The van der Waals surface area contributed by atoms with Gasteiger partial charge in [0.1, 0.15) is 11.6 Å². The van der Waals surface area contributed by atoms with Crippen LogP contribution in [0, 0.1) is 11.6 Å². The van der Waals surface area contributed by atoms with Crippen molar-refractivity contribution in [3.63, 3.8) is 0 Å². The molecule has 1 amide bonds. The summed E-state index contributed by atoms with van der Waals surface area (Å²) in [6, 6.07) is 7.24. The third-order valence-corrected chi connectivity index (χ3v) is 6.94. The average Bonchev–Trinajstić information content (AvgIpc) is 2.98. The van der Waals surface area contributed by atoms with E-state index in [4.69, 9.17) is 9.47 Å². The molecule has 1 fully saturated rings. The highest BCUT2D eigenvalue weighted by atomic mass is 32.2. The van der Waals surface area contributed by atoms with Gasteiger partial charge in [-0.15, -0.1) is 0 Å². The van der Waals surface area contributed by atoms with Crippen LogP contribution in [0.1, 0.15) is 16.8 Å². The van der Waals surface area contributed by atoms with Gasteiger partial charge in [-0.2, -0.15) is 4.31 Å². The Hall–Kier alpha value is -2.72. The standard InChI is InChI=1S/C20H20F2N2O5S/c21-14-2-4-16(17(22)12-14)20(25)23-6-8-24(9-7-23)30(26,27)15-3-5-18-19(13-15)29-11-1-10-28-18/h2-5,12-13H,1,6-11H2. The van der Waals surface area contributed by atoms with E-state index in [9.17, 15) is 22.0 Å². The van der Waals surface area contributed by atoms with Crippen molar-refractivity contribution >= 4 is 15.9 Å². The van der Waals surface area contributed by atoms with Crippen molar-refractivity contribution in [2.45, 2.75) is 11.3 Å². The summed E-state index contributed by atoms with van der Waals surface area (Å²) in [5, 5.41) is 0. The maximum Gasteiger partial charge on any atom is 0.256 e. The fraction of sp³-hybridized carbons (Fsp3) is 0.350. The van der Waals surface area contributed by atoms with E-state index in [1.807, 2.05) is 0 Å². The van der Waals surface area contributed by atoms with Crippen molar-refractivity contribution in [1.82, 2.24) is 9.21 Å². The van der Waals surface area contributed by atoms with E-state index in [0.717, 1.165) is 12.1 Å². The van der Waals surface area contributed by atoms with E-state index >= 15 is 0 Å². The number of fused-ring (bicyclic) bond motifs is 1. The summed E-state index contributed by atoms with van der Waals surface area (Å²) in [5.41, 5.74) is -0.240. The Labute approximate surface area is 172 Å². The van der Waals surface area contributed by atoms with Gasteiger partial charge in [0.15, 0.2) is 11.5 Å². The van der Waals surface area contributed by atoms with Crippen LogP contribution in [0.4, 0.5) is 8.78 Å². The molecule has 1 saturated heterocycles. The van der Waals surface area contributed by atoms with Crippen LogP contribution in [0.25, 0.3) is 0 Å². The van der Waals surface area contributed by atoms with Crippen LogP contribution in [0.3, 0.4) is 0 Å². The van der Waals surface area contributed by atoms with Crippen LogP contribution in [-0.4, -0.2) is 62.9 Å². The minimum Gasteiger partial charge on any atom is -0.490 e. The highest BCUT2D eigenvalue weighted by Crippen LogP contribution is 2.33. The molecule has 7 nitrogen and oxygen atoms in total. The lowest BCUT2D eigenvalue weighted by molar-refractivity contribution is 0.0693. The van der Waals surface area contributed by atoms with Crippen molar-refractivity contribution in [2.24, 2.45) is 0 Å². The largest absolute Gasteiger partial charge is 0.490 e. The normalized spacial score (nSPS) is 17.5. The molecule has 160 valence electrons. The first kappa shape index (κ1) is 20.5. The summed E-state index contributed by atoms with van der Waals surface area (Å²) >= 11 is 0. The molecule has 0 atom stereocenters.